The Bertz CT molecular complexity index is 510. The lowest BCUT2D eigenvalue weighted by Crippen LogP contribution is -2.25. The average molecular weight is 255 g/mol. The maximum absolute atomic E-state index is 11.0. The number of hydrogen-bond acceptors (Lipinski definition) is 4. The van der Waals surface area contributed by atoms with Gasteiger partial charge in [-0.2, -0.15) is 0 Å². The molecule has 0 radical (unpaired) electrons. The van der Waals surface area contributed by atoms with Crippen molar-refractivity contribution in [2.75, 3.05) is 18.6 Å². The molecule has 0 heterocycles. The van der Waals surface area contributed by atoms with Crippen LogP contribution >= 0.6 is 0 Å². The number of fused-ring (bicyclic) bond motifs is 1. The van der Waals surface area contributed by atoms with E-state index < -0.39 is 9.84 Å². The molecule has 1 unspecified atom stereocenters. The van der Waals surface area contributed by atoms with Gasteiger partial charge in [0.15, 0.2) is 0 Å². The first kappa shape index (κ1) is 12.4. The van der Waals surface area contributed by atoms with E-state index >= 15 is 0 Å². The first-order valence-electron chi connectivity index (χ1n) is 5.69. The highest BCUT2D eigenvalue weighted by Gasteiger charge is 2.24. The number of aromatic hydroxyl groups is 1. The van der Waals surface area contributed by atoms with Crippen molar-refractivity contribution in [1.29, 1.82) is 0 Å². The second-order valence-electron chi connectivity index (χ2n) is 4.52. The van der Waals surface area contributed by atoms with E-state index in [1.54, 1.807) is 6.07 Å². The average Bonchev–Trinajstić information content (AvgIpc) is 2.61. The maximum atomic E-state index is 11.0. The summed E-state index contributed by atoms with van der Waals surface area (Å²) in [4.78, 5) is 0. The van der Waals surface area contributed by atoms with Crippen molar-refractivity contribution in [2.24, 2.45) is 0 Å². The molecule has 4 nitrogen and oxygen atoms in total. The molecule has 0 amide bonds. The molecule has 0 aromatic heterocycles. The monoisotopic (exact) mass is 255 g/mol. The van der Waals surface area contributed by atoms with Gasteiger partial charge in [0.2, 0.25) is 0 Å². The van der Waals surface area contributed by atoms with Crippen LogP contribution in [-0.2, 0) is 16.3 Å². The third kappa shape index (κ3) is 2.98. The molecule has 1 aliphatic carbocycles. The molecule has 2 rings (SSSR count). The summed E-state index contributed by atoms with van der Waals surface area (Å²) in [6, 6.07) is 5.67. The zero-order chi connectivity index (χ0) is 12.5. The molecule has 0 fully saturated rings. The van der Waals surface area contributed by atoms with Crippen LogP contribution < -0.4 is 5.32 Å². The maximum Gasteiger partial charge on any atom is 0.148 e. The van der Waals surface area contributed by atoms with Gasteiger partial charge in [-0.3, -0.25) is 0 Å². The van der Waals surface area contributed by atoms with Crippen LogP contribution in [0.2, 0.25) is 0 Å². The zero-order valence-electron chi connectivity index (χ0n) is 9.81. The molecule has 17 heavy (non-hydrogen) atoms. The fourth-order valence-electron chi connectivity index (χ4n) is 2.27. The van der Waals surface area contributed by atoms with Crippen LogP contribution in [0, 0.1) is 0 Å². The SMILES string of the molecule is CS(=O)(=O)CCNC1CCc2c(O)cccc21. The predicted octanol–water partition coefficient (Wildman–Crippen LogP) is 1.01. The number of phenols is 1. The fourth-order valence-corrected chi connectivity index (χ4v) is 2.75. The zero-order valence-corrected chi connectivity index (χ0v) is 10.6. The van der Waals surface area contributed by atoms with Crippen molar-refractivity contribution in [2.45, 2.75) is 18.9 Å². The summed E-state index contributed by atoms with van der Waals surface area (Å²) in [5.74, 6) is 0.493. The third-order valence-corrected chi connectivity index (χ3v) is 4.06. The predicted molar refractivity (Wildman–Crippen MR) is 66.9 cm³/mol. The Hall–Kier alpha value is -1.07. The lowest BCUT2D eigenvalue weighted by atomic mass is 10.1. The summed E-state index contributed by atoms with van der Waals surface area (Å²) in [5, 5.41) is 12.9. The number of sulfone groups is 1. The minimum absolute atomic E-state index is 0.150. The summed E-state index contributed by atoms with van der Waals surface area (Å²) in [6.45, 7) is 0.457. The van der Waals surface area contributed by atoms with Crippen molar-refractivity contribution in [3.63, 3.8) is 0 Å². The third-order valence-electron chi connectivity index (χ3n) is 3.11. The molecule has 2 N–H and O–H groups in total. The van der Waals surface area contributed by atoms with Gasteiger partial charge >= 0.3 is 0 Å². The largest absolute Gasteiger partial charge is 0.508 e. The quantitative estimate of drug-likeness (QED) is 0.843. The van der Waals surface area contributed by atoms with E-state index in [0.717, 1.165) is 24.0 Å². The molecular weight excluding hydrogens is 238 g/mol. The molecule has 0 aliphatic heterocycles. The van der Waals surface area contributed by atoms with E-state index in [0.29, 0.717) is 12.3 Å². The second-order valence-corrected chi connectivity index (χ2v) is 6.78. The van der Waals surface area contributed by atoms with E-state index in [9.17, 15) is 13.5 Å². The lowest BCUT2D eigenvalue weighted by Gasteiger charge is -2.13. The Labute approximate surface area is 102 Å². The second kappa shape index (κ2) is 4.66. The minimum atomic E-state index is -2.91. The number of rotatable bonds is 4. The Balaban J connectivity index is 2.01. The van der Waals surface area contributed by atoms with Gasteiger partial charge in [0, 0.05) is 18.8 Å². The van der Waals surface area contributed by atoms with E-state index in [2.05, 4.69) is 5.32 Å². The van der Waals surface area contributed by atoms with Crippen LogP contribution in [0.1, 0.15) is 23.6 Å². The van der Waals surface area contributed by atoms with Gasteiger partial charge in [-0.15, -0.1) is 0 Å². The van der Waals surface area contributed by atoms with E-state index in [1.807, 2.05) is 12.1 Å². The van der Waals surface area contributed by atoms with Gasteiger partial charge in [0.1, 0.15) is 15.6 Å². The highest BCUT2D eigenvalue weighted by atomic mass is 32.2. The van der Waals surface area contributed by atoms with Crippen LogP contribution in [0.5, 0.6) is 5.75 Å². The molecule has 5 heteroatoms. The van der Waals surface area contributed by atoms with Crippen LogP contribution in [0.25, 0.3) is 0 Å². The Kier molecular flexibility index (Phi) is 3.40. The Morgan fingerprint density at radius 1 is 1.47 bits per heavy atom. The Morgan fingerprint density at radius 3 is 2.94 bits per heavy atom. The Morgan fingerprint density at radius 2 is 2.24 bits per heavy atom. The van der Waals surface area contributed by atoms with Crippen molar-refractivity contribution in [3.05, 3.63) is 29.3 Å². The molecule has 1 aromatic rings. The van der Waals surface area contributed by atoms with Gasteiger partial charge < -0.3 is 10.4 Å². The van der Waals surface area contributed by atoms with Gasteiger partial charge in [-0.05, 0) is 30.0 Å². The van der Waals surface area contributed by atoms with Crippen molar-refractivity contribution in [3.8, 4) is 5.75 Å². The standard InChI is InChI=1S/C12H17NO3S/c1-17(15,16)8-7-13-11-6-5-10-9(11)3-2-4-12(10)14/h2-4,11,13-14H,5-8H2,1H3. The lowest BCUT2D eigenvalue weighted by molar-refractivity contribution is 0.469. The van der Waals surface area contributed by atoms with E-state index in [-0.39, 0.29) is 11.8 Å². The molecule has 1 aromatic carbocycles. The smallest absolute Gasteiger partial charge is 0.148 e. The fraction of sp³-hybridized carbons (Fsp3) is 0.500. The van der Waals surface area contributed by atoms with Gasteiger partial charge in [-0.1, -0.05) is 12.1 Å². The van der Waals surface area contributed by atoms with Crippen molar-refractivity contribution in [1.82, 2.24) is 5.32 Å². The number of benzene rings is 1. The first-order valence-corrected chi connectivity index (χ1v) is 7.75. The normalized spacial score (nSPS) is 19.2. The molecule has 1 aliphatic rings. The van der Waals surface area contributed by atoms with Gasteiger partial charge in [-0.25, -0.2) is 8.42 Å². The van der Waals surface area contributed by atoms with E-state index in [1.165, 1.54) is 6.26 Å². The number of phenolic OH excluding ortho intramolecular Hbond substituents is 1. The van der Waals surface area contributed by atoms with Crippen LogP contribution in [0.4, 0.5) is 0 Å². The van der Waals surface area contributed by atoms with Crippen LogP contribution in [0.15, 0.2) is 18.2 Å². The highest BCUT2D eigenvalue weighted by Crippen LogP contribution is 2.35. The number of nitrogens with one attached hydrogen (secondary N) is 1. The summed E-state index contributed by atoms with van der Waals surface area (Å²) >= 11 is 0. The molecule has 0 bridgehead atoms. The number of hydrogen-bond donors (Lipinski definition) is 2. The molecule has 0 spiro atoms. The summed E-state index contributed by atoms with van der Waals surface area (Å²) in [7, 11) is -2.91. The highest BCUT2D eigenvalue weighted by molar-refractivity contribution is 7.90. The van der Waals surface area contributed by atoms with Crippen molar-refractivity contribution < 1.29 is 13.5 Å². The molecule has 0 saturated heterocycles. The topological polar surface area (TPSA) is 66.4 Å². The van der Waals surface area contributed by atoms with E-state index in [4.69, 9.17) is 0 Å². The van der Waals surface area contributed by atoms with Gasteiger partial charge in [0.25, 0.3) is 0 Å². The van der Waals surface area contributed by atoms with Gasteiger partial charge in [0.05, 0.1) is 5.75 Å². The van der Waals surface area contributed by atoms with Crippen LogP contribution in [0.3, 0.4) is 0 Å². The molecular formula is C12H17NO3S. The molecule has 1 atom stereocenters. The molecule has 0 saturated carbocycles. The summed E-state index contributed by atoms with van der Waals surface area (Å²) in [6.07, 6.45) is 3.00. The first-order chi connectivity index (χ1) is 7.97. The van der Waals surface area contributed by atoms with Crippen LogP contribution in [-0.4, -0.2) is 32.1 Å². The molecule has 94 valence electrons. The summed E-state index contributed by atoms with van der Waals surface area (Å²) < 4.78 is 22.0. The van der Waals surface area contributed by atoms with Crippen molar-refractivity contribution >= 4 is 9.84 Å². The minimum Gasteiger partial charge on any atom is -0.508 e. The summed E-state index contributed by atoms with van der Waals surface area (Å²) in [5.41, 5.74) is 2.09.